The van der Waals surface area contributed by atoms with Crippen molar-refractivity contribution in [3.63, 3.8) is 0 Å². The third kappa shape index (κ3) is 9.81. The maximum absolute atomic E-state index is 5.69. The van der Waals surface area contributed by atoms with E-state index in [1.165, 1.54) is 10.4 Å². The Bertz CT molecular complexity index is 576. The van der Waals surface area contributed by atoms with E-state index < -0.39 is 0 Å². The monoisotopic (exact) mass is 473 g/mol. The first-order valence-electron chi connectivity index (χ1n) is 8.47. The van der Waals surface area contributed by atoms with Gasteiger partial charge in [0.15, 0.2) is 5.96 Å². The molecule has 2 aromatic rings. The molecule has 6 heteroatoms. The van der Waals surface area contributed by atoms with Crippen molar-refractivity contribution in [1.29, 1.82) is 0 Å². The molecule has 0 aliphatic rings. The van der Waals surface area contributed by atoms with E-state index in [2.05, 4.69) is 45.3 Å². The van der Waals surface area contributed by atoms with Crippen LogP contribution in [0.5, 0.6) is 0 Å². The van der Waals surface area contributed by atoms with Crippen LogP contribution in [-0.4, -0.2) is 32.7 Å². The van der Waals surface area contributed by atoms with Crippen LogP contribution in [0.4, 0.5) is 0 Å². The lowest BCUT2D eigenvalue weighted by atomic mass is 10.2. The van der Waals surface area contributed by atoms with Crippen molar-refractivity contribution in [2.75, 3.05) is 26.7 Å². The summed E-state index contributed by atoms with van der Waals surface area (Å²) in [4.78, 5) is 5.64. The molecule has 0 atom stereocenters. The summed E-state index contributed by atoms with van der Waals surface area (Å²) in [7, 11) is 1.81. The fourth-order valence-corrected chi connectivity index (χ4v) is 2.99. The Kier molecular flexibility index (Phi) is 12.4. The summed E-state index contributed by atoms with van der Waals surface area (Å²) in [5.74, 6) is 0.872. The lowest BCUT2D eigenvalue weighted by Gasteiger charge is -2.11. The molecule has 0 spiro atoms. The lowest BCUT2D eigenvalue weighted by Crippen LogP contribution is -2.38. The summed E-state index contributed by atoms with van der Waals surface area (Å²) >= 11 is 1.80. The highest BCUT2D eigenvalue weighted by Crippen LogP contribution is 2.08. The highest BCUT2D eigenvalue weighted by molar-refractivity contribution is 14.0. The van der Waals surface area contributed by atoms with E-state index in [4.69, 9.17) is 4.74 Å². The molecule has 0 aliphatic heterocycles. The Balaban J connectivity index is 0.00000312. The van der Waals surface area contributed by atoms with Crippen molar-refractivity contribution < 1.29 is 4.74 Å². The number of ether oxygens (including phenoxy) is 1. The minimum atomic E-state index is 0. The maximum atomic E-state index is 5.69. The van der Waals surface area contributed by atoms with Crippen LogP contribution in [0.25, 0.3) is 0 Å². The number of nitrogens with one attached hydrogen (secondary N) is 2. The Morgan fingerprint density at radius 1 is 1.04 bits per heavy atom. The second kappa shape index (κ2) is 14.1. The zero-order valence-corrected chi connectivity index (χ0v) is 17.9. The zero-order valence-electron chi connectivity index (χ0n) is 14.7. The number of nitrogens with zero attached hydrogens (tertiary/aromatic N) is 1. The van der Waals surface area contributed by atoms with Gasteiger partial charge in [-0.3, -0.25) is 4.99 Å². The Labute approximate surface area is 172 Å². The zero-order chi connectivity index (χ0) is 16.9. The van der Waals surface area contributed by atoms with Crippen LogP contribution < -0.4 is 10.6 Å². The number of rotatable bonds is 10. The van der Waals surface area contributed by atoms with Crippen molar-refractivity contribution in [2.45, 2.75) is 25.9 Å². The smallest absolute Gasteiger partial charge is 0.190 e. The first-order valence-corrected chi connectivity index (χ1v) is 9.35. The second-order valence-electron chi connectivity index (χ2n) is 5.50. The van der Waals surface area contributed by atoms with Gasteiger partial charge in [0.25, 0.3) is 0 Å². The molecule has 138 valence electrons. The fraction of sp³-hybridized carbons (Fsp3) is 0.421. The molecule has 2 N–H and O–H groups in total. The summed E-state index contributed by atoms with van der Waals surface area (Å²) in [6.45, 7) is 3.30. The van der Waals surface area contributed by atoms with E-state index in [-0.39, 0.29) is 24.0 Å². The summed E-state index contributed by atoms with van der Waals surface area (Å²) in [6, 6.07) is 14.5. The van der Waals surface area contributed by atoms with Gasteiger partial charge in [-0.1, -0.05) is 36.4 Å². The number of thiophene rings is 1. The van der Waals surface area contributed by atoms with Crippen molar-refractivity contribution in [2.24, 2.45) is 4.99 Å². The van der Waals surface area contributed by atoms with Crippen LogP contribution in [0.1, 0.15) is 23.3 Å². The predicted molar refractivity (Wildman–Crippen MR) is 118 cm³/mol. The molecule has 2 rings (SSSR count). The number of benzene rings is 1. The van der Waals surface area contributed by atoms with Gasteiger partial charge in [0.05, 0.1) is 6.61 Å². The molecule has 0 aliphatic carbocycles. The quantitative estimate of drug-likeness (QED) is 0.237. The van der Waals surface area contributed by atoms with Crippen LogP contribution in [0.15, 0.2) is 52.8 Å². The molecule has 25 heavy (non-hydrogen) atoms. The lowest BCUT2D eigenvalue weighted by molar-refractivity contribution is 0.117. The Hall–Kier alpha value is -1.12. The number of hydrogen-bond donors (Lipinski definition) is 2. The minimum Gasteiger partial charge on any atom is -0.377 e. The molecule has 0 unspecified atom stereocenters. The normalized spacial score (nSPS) is 11.0. The number of halogens is 1. The third-order valence-electron chi connectivity index (χ3n) is 3.59. The summed E-state index contributed by atoms with van der Waals surface area (Å²) in [5, 5.41) is 8.80. The first kappa shape index (κ1) is 21.9. The highest BCUT2D eigenvalue weighted by Gasteiger charge is 1.98. The molecule has 0 amide bonds. The SMILES string of the molecule is CN=C(NCCCCOCc1ccccc1)NCCc1cccs1.I. The topological polar surface area (TPSA) is 45.7 Å². The van der Waals surface area contributed by atoms with E-state index in [1.54, 1.807) is 11.3 Å². The van der Waals surface area contributed by atoms with Gasteiger partial charge in [-0.2, -0.15) is 0 Å². The fourth-order valence-electron chi connectivity index (χ4n) is 2.28. The molecule has 1 heterocycles. The number of hydrogen-bond acceptors (Lipinski definition) is 3. The average molecular weight is 473 g/mol. The van der Waals surface area contributed by atoms with Crippen LogP contribution in [0, 0.1) is 0 Å². The standard InChI is InChI=1S/C19H27N3OS.HI/c1-20-19(22-13-11-18-10-7-15-24-18)21-12-5-6-14-23-16-17-8-3-2-4-9-17;/h2-4,7-10,15H,5-6,11-14,16H2,1H3,(H2,20,21,22);1H. The van der Waals surface area contributed by atoms with Crippen LogP contribution in [0.2, 0.25) is 0 Å². The molecule has 0 saturated carbocycles. The van der Waals surface area contributed by atoms with E-state index in [0.29, 0.717) is 6.61 Å². The molecule has 0 radical (unpaired) electrons. The van der Waals surface area contributed by atoms with Gasteiger partial charge in [-0.25, -0.2) is 0 Å². The van der Waals surface area contributed by atoms with E-state index in [0.717, 1.165) is 44.9 Å². The average Bonchev–Trinajstić information content (AvgIpc) is 3.13. The van der Waals surface area contributed by atoms with E-state index >= 15 is 0 Å². The summed E-state index contributed by atoms with van der Waals surface area (Å²) < 4.78 is 5.69. The summed E-state index contributed by atoms with van der Waals surface area (Å²) in [5.41, 5.74) is 1.23. The van der Waals surface area contributed by atoms with Gasteiger partial charge in [-0.15, -0.1) is 35.3 Å². The first-order chi connectivity index (χ1) is 11.9. The van der Waals surface area contributed by atoms with Gasteiger partial charge in [0, 0.05) is 31.6 Å². The maximum Gasteiger partial charge on any atom is 0.190 e. The largest absolute Gasteiger partial charge is 0.377 e. The Morgan fingerprint density at radius 3 is 2.56 bits per heavy atom. The van der Waals surface area contributed by atoms with Crippen molar-refractivity contribution in [1.82, 2.24) is 10.6 Å². The number of unbranched alkanes of at least 4 members (excludes halogenated alkanes) is 1. The third-order valence-corrected chi connectivity index (χ3v) is 4.52. The molecule has 0 fully saturated rings. The van der Waals surface area contributed by atoms with E-state index in [1.807, 2.05) is 25.2 Å². The number of aliphatic imine (C=N–C) groups is 1. The Morgan fingerprint density at radius 2 is 1.84 bits per heavy atom. The van der Waals surface area contributed by atoms with Crippen molar-refractivity contribution in [3.8, 4) is 0 Å². The number of guanidine groups is 1. The van der Waals surface area contributed by atoms with Gasteiger partial charge in [0.2, 0.25) is 0 Å². The van der Waals surface area contributed by atoms with Crippen LogP contribution in [0.3, 0.4) is 0 Å². The van der Waals surface area contributed by atoms with Crippen molar-refractivity contribution >= 4 is 41.3 Å². The van der Waals surface area contributed by atoms with E-state index in [9.17, 15) is 0 Å². The van der Waals surface area contributed by atoms with Crippen molar-refractivity contribution in [3.05, 3.63) is 58.3 Å². The minimum absolute atomic E-state index is 0. The van der Waals surface area contributed by atoms with Gasteiger partial charge in [-0.05, 0) is 36.3 Å². The second-order valence-corrected chi connectivity index (χ2v) is 6.53. The molecule has 0 bridgehead atoms. The van der Waals surface area contributed by atoms with Crippen LogP contribution >= 0.6 is 35.3 Å². The molecule has 4 nitrogen and oxygen atoms in total. The molecule has 0 saturated heterocycles. The molecular weight excluding hydrogens is 445 g/mol. The molecule has 1 aromatic carbocycles. The summed E-state index contributed by atoms with van der Waals surface area (Å²) in [6.07, 6.45) is 3.15. The van der Waals surface area contributed by atoms with Gasteiger partial charge in [0.1, 0.15) is 0 Å². The molecule has 1 aromatic heterocycles. The molecular formula is C19H28IN3OS. The highest BCUT2D eigenvalue weighted by atomic mass is 127. The van der Waals surface area contributed by atoms with Crippen LogP contribution in [-0.2, 0) is 17.8 Å². The van der Waals surface area contributed by atoms with Gasteiger partial charge >= 0.3 is 0 Å². The van der Waals surface area contributed by atoms with Gasteiger partial charge < -0.3 is 15.4 Å². The predicted octanol–water partition coefficient (Wildman–Crippen LogP) is 4.07.